The fourth-order valence-electron chi connectivity index (χ4n) is 0.738. The molecule has 0 fully saturated rings. The zero-order chi connectivity index (χ0) is 8.43. The van der Waals surface area contributed by atoms with Crippen LogP contribution in [0, 0.1) is 0 Å². The first-order valence-electron chi connectivity index (χ1n) is 3.27. The first kappa shape index (κ1) is 8.37. The van der Waals surface area contributed by atoms with Crippen LogP contribution < -0.4 is 5.73 Å². The topological polar surface area (TPSA) is 39.2 Å². The standard InChI is InChI=1S/C8H10ClNO/c1-5(2)8(10)6-3-4-7(9)11-6/h3-4,8H,1,10H2,2H3/t8-/m1/s1. The molecule has 1 rings (SSSR count). The van der Waals surface area contributed by atoms with Gasteiger partial charge in [0.15, 0.2) is 5.22 Å². The predicted molar refractivity (Wildman–Crippen MR) is 45.5 cm³/mol. The summed E-state index contributed by atoms with van der Waals surface area (Å²) in [5.74, 6) is 0.655. The third kappa shape index (κ3) is 1.85. The van der Waals surface area contributed by atoms with Gasteiger partial charge in [-0.3, -0.25) is 0 Å². The Labute approximate surface area is 70.6 Å². The fraction of sp³-hybridized carbons (Fsp3) is 0.250. The Morgan fingerprint density at radius 3 is 2.73 bits per heavy atom. The van der Waals surface area contributed by atoms with E-state index in [2.05, 4.69) is 6.58 Å². The first-order chi connectivity index (χ1) is 5.11. The maximum absolute atomic E-state index is 5.70. The minimum absolute atomic E-state index is 0.248. The highest BCUT2D eigenvalue weighted by Crippen LogP contribution is 2.21. The Bertz CT molecular complexity index is 267. The number of halogens is 1. The Kier molecular flexibility index (Phi) is 2.37. The first-order valence-corrected chi connectivity index (χ1v) is 3.65. The van der Waals surface area contributed by atoms with Gasteiger partial charge in [-0.15, -0.1) is 0 Å². The van der Waals surface area contributed by atoms with Crippen molar-refractivity contribution >= 4 is 11.6 Å². The zero-order valence-corrected chi connectivity index (χ0v) is 7.06. The second kappa shape index (κ2) is 3.11. The molecule has 0 bridgehead atoms. The minimum atomic E-state index is -0.248. The van der Waals surface area contributed by atoms with Crippen molar-refractivity contribution < 1.29 is 4.42 Å². The van der Waals surface area contributed by atoms with E-state index in [0.717, 1.165) is 5.57 Å². The van der Waals surface area contributed by atoms with Gasteiger partial charge in [0.2, 0.25) is 0 Å². The summed E-state index contributed by atoms with van der Waals surface area (Å²) < 4.78 is 5.09. The molecule has 1 heterocycles. The molecule has 0 spiro atoms. The lowest BCUT2D eigenvalue weighted by Crippen LogP contribution is -2.09. The van der Waals surface area contributed by atoms with Crippen LogP contribution in [0.2, 0.25) is 5.22 Å². The van der Waals surface area contributed by atoms with Crippen LogP contribution in [0.25, 0.3) is 0 Å². The third-order valence-electron chi connectivity index (χ3n) is 1.43. The lowest BCUT2D eigenvalue weighted by atomic mass is 10.1. The normalized spacial score (nSPS) is 13.0. The number of rotatable bonds is 2. The van der Waals surface area contributed by atoms with Crippen LogP contribution in [0.15, 0.2) is 28.7 Å². The van der Waals surface area contributed by atoms with Gasteiger partial charge in [0, 0.05) is 0 Å². The van der Waals surface area contributed by atoms with Gasteiger partial charge in [-0.2, -0.15) is 0 Å². The smallest absolute Gasteiger partial charge is 0.193 e. The molecule has 1 aromatic rings. The van der Waals surface area contributed by atoms with Gasteiger partial charge in [0.1, 0.15) is 5.76 Å². The van der Waals surface area contributed by atoms with Gasteiger partial charge < -0.3 is 10.2 Å². The van der Waals surface area contributed by atoms with Gasteiger partial charge in [0.25, 0.3) is 0 Å². The highest BCUT2D eigenvalue weighted by Gasteiger charge is 2.09. The van der Waals surface area contributed by atoms with Crippen LogP contribution >= 0.6 is 11.6 Å². The largest absolute Gasteiger partial charge is 0.448 e. The summed E-state index contributed by atoms with van der Waals surface area (Å²) in [4.78, 5) is 0. The zero-order valence-electron chi connectivity index (χ0n) is 6.30. The summed E-state index contributed by atoms with van der Waals surface area (Å²) in [5, 5.41) is 0.358. The molecule has 2 nitrogen and oxygen atoms in total. The van der Waals surface area contributed by atoms with Crippen LogP contribution in [-0.4, -0.2) is 0 Å². The Morgan fingerprint density at radius 2 is 2.36 bits per heavy atom. The molecule has 11 heavy (non-hydrogen) atoms. The summed E-state index contributed by atoms with van der Waals surface area (Å²) in [6, 6.07) is 3.17. The number of hydrogen-bond acceptors (Lipinski definition) is 2. The van der Waals surface area contributed by atoms with Crippen LogP contribution in [0.5, 0.6) is 0 Å². The van der Waals surface area contributed by atoms with E-state index in [0.29, 0.717) is 11.0 Å². The molecule has 0 unspecified atom stereocenters. The fourth-order valence-corrected chi connectivity index (χ4v) is 0.890. The Hall–Kier alpha value is -0.730. The van der Waals surface area contributed by atoms with Crippen molar-refractivity contribution in [1.82, 2.24) is 0 Å². The van der Waals surface area contributed by atoms with Gasteiger partial charge in [0.05, 0.1) is 6.04 Å². The van der Waals surface area contributed by atoms with E-state index in [-0.39, 0.29) is 6.04 Å². The quantitative estimate of drug-likeness (QED) is 0.695. The molecule has 0 saturated heterocycles. The highest BCUT2D eigenvalue weighted by atomic mass is 35.5. The van der Waals surface area contributed by atoms with Gasteiger partial charge in [-0.1, -0.05) is 12.2 Å². The summed E-state index contributed by atoms with van der Waals surface area (Å²) in [6.45, 7) is 5.56. The minimum Gasteiger partial charge on any atom is -0.448 e. The van der Waals surface area contributed by atoms with E-state index < -0.39 is 0 Å². The van der Waals surface area contributed by atoms with Crippen LogP contribution in [0.4, 0.5) is 0 Å². The molecule has 0 aliphatic rings. The monoisotopic (exact) mass is 171 g/mol. The maximum Gasteiger partial charge on any atom is 0.193 e. The van der Waals surface area contributed by atoms with E-state index in [1.165, 1.54) is 0 Å². The molecule has 1 atom stereocenters. The summed E-state index contributed by atoms with van der Waals surface area (Å²) in [6.07, 6.45) is 0. The molecule has 0 aliphatic heterocycles. The molecular formula is C8H10ClNO. The van der Waals surface area contributed by atoms with E-state index in [1.807, 2.05) is 6.92 Å². The van der Waals surface area contributed by atoms with Crippen LogP contribution in [0.3, 0.4) is 0 Å². The van der Waals surface area contributed by atoms with Crippen molar-refractivity contribution in [2.75, 3.05) is 0 Å². The molecule has 60 valence electrons. The van der Waals surface area contributed by atoms with Gasteiger partial charge >= 0.3 is 0 Å². The van der Waals surface area contributed by atoms with Gasteiger partial charge in [-0.05, 0) is 30.7 Å². The Balaban J connectivity index is 2.84. The number of furan rings is 1. The molecule has 1 aromatic heterocycles. The molecule has 0 amide bonds. The SMILES string of the molecule is C=C(C)[C@@H](N)c1ccc(Cl)o1. The average Bonchev–Trinajstić information content (AvgIpc) is 2.34. The third-order valence-corrected chi connectivity index (χ3v) is 1.63. The molecule has 0 aliphatic carbocycles. The lowest BCUT2D eigenvalue weighted by molar-refractivity contribution is 0.489. The molecule has 3 heteroatoms. The second-order valence-electron chi connectivity index (χ2n) is 2.47. The predicted octanol–water partition coefficient (Wildman–Crippen LogP) is 2.51. The van der Waals surface area contributed by atoms with E-state index in [9.17, 15) is 0 Å². The summed E-state index contributed by atoms with van der Waals surface area (Å²) in [5.41, 5.74) is 6.56. The van der Waals surface area contributed by atoms with Crippen LogP contribution in [0.1, 0.15) is 18.7 Å². The van der Waals surface area contributed by atoms with E-state index in [4.69, 9.17) is 21.8 Å². The second-order valence-corrected chi connectivity index (χ2v) is 2.84. The summed E-state index contributed by atoms with van der Waals surface area (Å²) >= 11 is 5.56. The van der Waals surface area contributed by atoms with Gasteiger partial charge in [-0.25, -0.2) is 0 Å². The van der Waals surface area contributed by atoms with Crippen molar-refractivity contribution in [2.45, 2.75) is 13.0 Å². The van der Waals surface area contributed by atoms with Crippen molar-refractivity contribution in [3.8, 4) is 0 Å². The number of hydrogen-bond donors (Lipinski definition) is 1. The number of nitrogens with two attached hydrogens (primary N) is 1. The summed E-state index contributed by atoms with van der Waals surface area (Å²) in [7, 11) is 0. The van der Waals surface area contributed by atoms with Crippen LogP contribution in [-0.2, 0) is 0 Å². The Morgan fingerprint density at radius 1 is 1.73 bits per heavy atom. The van der Waals surface area contributed by atoms with Crippen molar-refractivity contribution in [3.63, 3.8) is 0 Å². The van der Waals surface area contributed by atoms with Crippen molar-refractivity contribution in [1.29, 1.82) is 0 Å². The van der Waals surface area contributed by atoms with Crippen molar-refractivity contribution in [3.05, 3.63) is 35.3 Å². The molecular weight excluding hydrogens is 162 g/mol. The maximum atomic E-state index is 5.70. The lowest BCUT2D eigenvalue weighted by Gasteiger charge is -2.06. The molecule has 0 aromatic carbocycles. The van der Waals surface area contributed by atoms with Crippen molar-refractivity contribution in [2.24, 2.45) is 5.73 Å². The highest BCUT2D eigenvalue weighted by molar-refractivity contribution is 6.28. The molecule has 0 saturated carbocycles. The molecule has 2 N–H and O–H groups in total. The van der Waals surface area contributed by atoms with E-state index in [1.54, 1.807) is 12.1 Å². The average molecular weight is 172 g/mol. The molecule has 0 radical (unpaired) electrons. The van der Waals surface area contributed by atoms with E-state index >= 15 is 0 Å².